The summed E-state index contributed by atoms with van der Waals surface area (Å²) in [7, 11) is 1.84. The predicted octanol–water partition coefficient (Wildman–Crippen LogP) is 1.43. The lowest BCUT2D eigenvalue weighted by molar-refractivity contribution is -0.158. The molecule has 0 bridgehead atoms. The predicted molar refractivity (Wildman–Crippen MR) is 103 cm³/mol. The number of hydrogen-bond acceptors (Lipinski definition) is 4. The number of amides is 2. The van der Waals surface area contributed by atoms with Gasteiger partial charge in [0.1, 0.15) is 0 Å². The van der Waals surface area contributed by atoms with Crippen LogP contribution in [-0.4, -0.2) is 67.8 Å². The maximum Gasteiger partial charge on any atom is 0.246 e. The van der Waals surface area contributed by atoms with Crippen LogP contribution >= 0.6 is 0 Å². The Morgan fingerprint density at radius 1 is 1.30 bits per heavy atom. The van der Waals surface area contributed by atoms with Crippen LogP contribution in [-0.2, 0) is 16.6 Å². The van der Waals surface area contributed by atoms with E-state index in [0.717, 1.165) is 18.4 Å². The van der Waals surface area contributed by atoms with E-state index in [1.807, 2.05) is 32.0 Å². The molecule has 27 heavy (non-hydrogen) atoms. The number of aromatic nitrogens is 2. The van der Waals surface area contributed by atoms with Gasteiger partial charge in [-0.25, -0.2) is 0 Å². The van der Waals surface area contributed by atoms with Gasteiger partial charge in [-0.15, -0.1) is 0 Å². The molecule has 0 unspecified atom stereocenters. The first-order valence-electron chi connectivity index (χ1n) is 9.55. The molecule has 7 nitrogen and oxygen atoms in total. The van der Waals surface area contributed by atoms with Crippen molar-refractivity contribution in [2.24, 2.45) is 12.5 Å². The van der Waals surface area contributed by atoms with E-state index in [9.17, 15) is 14.7 Å². The molecule has 1 atom stereocenters. The average Bonchev–Trinajstić information content (AvgIpc) is 3.02. The molecule has 2 aliphatic heterocycles. The number of carbonyl (C=O) groups excluding carboxylic acids is 2. The second-order valence-corrected chi connectivity index (χ2v) is 8.58. The summed E-state index contributed by atoms with van der Waals surface area (Å²) in [5.41, 5.74) is 0.245. The van der Waals surface area contributed by atoms with Crippen molar-refractivity contribution in [3.63, 3.8) is 0 Å². The number of hydrogen-bond donors (Lipinski definition) is 1. The van der Waals surface area contributed by atoms with Gasteiger partial charge in [-0.2, -0.15) is 5.10 Å². The van der Waals surface area contributed by atoms with Crippen LogP contribution in [0.2, 0.25) is 0 Å². The lowest BCUT2D eigenvalue weighted by Crippen LogP contribution is -2.64. The Kier molecular flexibility index (Phi) is 5.16. The lowest BCUT2D eigenvalue weighted by Gasteiger charge is -2.55. The molecule has 0 aromatic carbocycles. The highest BCUT2D eigenvalue weighted by molar-refractivity contribution is 5.91. The van der Waals surface area contributed by atoms with Crippen molar-refractivity contribution in [3.05, 3.63) is 24.0 Å². The van der Waals surface area contributed by atoms with Crippen molar-refractivity contribution in [2.45, 2.75) is 51.7 Å². The maximum absolute atomic E-state index is 12.5. The summed E-state index contributed by atoms with van der Waals surface area (Å²) in [6.07, 6.45) is 8.68. The van der Waals surface area contributed by atoms with Gasteiger partial charge in [0.2, 0.25) is 11.8 Å². The third-order valence-electron chi connectivity index (χ3n) is 6.29. The van der Waals surface area contributed by atoms with Gasteiger partial charge in [0.05, 0.1) is 17.8 Å². The zero-order valence-corrected chi connectivity index (χ0v) is 16.7. The molecule has 0 radical (unpaired) electrons. The Morgan fingerprint density at radius 3 is 2.52 bits per heavy atom. The summed E-state index contributed by atoms with van der Waals surface area (Å²) < 4.78 is 1.70. The molecule has 2 fully saturated rings. The zero-order valence-electron chi connectivity index (χ0n) is 16.7. The summed E-state index contributed by atoms with van der Waals surface area (Å²) in [6, 6.07) is 0. The smallest absolute Gasteiger partial charge is 0.246 e. The van der Waals surface area contributed by atoms with Crippen LogP contribution in [0.4, 0.5) is 0 Å². The number of aryl methyl sites for hydroxylation is 1. The molecule has 7 heteroatoms. The fourth-order valence-electron chi connectivity index (χ4n) is 4.32. The number of rotatable bonds is 2. The van der Waals surface area contributed by atoms with Crippen molar-refractivity contribution >= 4 is 17.9 Å². The minimum absolute atomic E-state index is 0.00367. The maximum atomic E-state index is 12.5. The van der Waals surface area contributed by atoms with Gasteiger partial charge in [-0.1, -0.05) is 0 Å². The first kappa shape index (κ1) is 19.6. The van der Waals surface area contributed by atoms with Crippen LogP contribution in [0.5, 0.6) is 0 Å². The minimum Gasteiger partial charge on any atom is -0.391 e. The lowest BCUT2D eigenvalue weighted by atomic mass is 9.67. The fraction of sp³-hybridized carbons (Fsp3) is 0.650. The molecule has 148 valence electrons. The molecule has 0 aliphatic carbocycles. The van der Waals surface area contributed by atoms with Gasteiger partial charge in [0, 0.05) is 51.4 Å². The third-order valence-corrected chi connectivity index (χ3v) is 6.29. The highest BCUT2D eigenvalue weighted by Gasteiger charge is 2.50. The summed E-state index contributed by atoms with van der Waals surface area (Å²) in [5.74, 6) is -0.00940. The molecular formula is C20H30N4O3. The van der Waals surface area contributed by atoms with Crippen molar-refractivity contribution < 1.29 is 14.7 Å². The largest absolute Gasteiger partial charge is 0.391 e. The molecule has 2 amide bonds. The van der Waals surface area contributed by atoms with Crippen LogP contribution in [0, 0.1) is 5.41 Å². The second kappa shape index (κ2) is 7.11. The average molecular weight is 374 g/mol. The van der Waals surface area contributed by atoms with Crippen LogP contribution in [0.3, 0.4) is 0 Å². The Morgan fingerprint density at radius 2 is 1.96 bits per heavy atom. The van der Waals surface area contributed by atoms with E-state index in [0.29, 0.717) is 26.1 Å². The van der Waals surface area contributed by atoms with E-state index in [-0.39, 0.29) is 17.2 Å². The molecular weight excluding hydrogens is 344 g/mol. The van der Waals surface area contributed by atoms with E-state index in [4.69, 9.17) is 0 Å². The minimum atomic E-state index is -0.553. The van der Waals surface area contributed by atoms with Crippen LogP contribution < -0.4 is 0 Å². The Balaban J connectivity index is 1.63. The normalized spacial score (nSPS) is 24.6. The van der Waals surface area contributed by atoms with E-state index in [1.54, 1.807) is 34.9 Å². The van der Waals surface area contributed by atoms with E-state index < -0.39 is 11.6 Å². The van der Waals surface area contributed by atoms with E-state index in [2.05, 4.69) is 5.10 Å². The number of likely N-dealkylation sites (tertiary alicyclic amines) is 2. The Labute approximate surface area is 160 Å². The summed E-state index contributed by atoms with van der Waals surface area (Å²) >= 11 is 0. The number of nitrogens with zero attached hydrogens (tertiary/aromatic N) is 4. The summed E-state index contributed by atoms with van der Waals surface area (Å²) in [4.78, 5) is 28.3. The first-order chi connectivity index (χ1) is 12.6. The topological polar surface area (TPSA) is 78.7 Å². The molecule has 1 spiro atoms. The molecule has 3 rings (SSSR count). The first-order valence-corrected chi connectivity index (χ1v) is 9.55. The van der Waals surface area contributed by atoms with Crippen molar-refractivity contribution in [1.29, 1.82) is 0 Å². The van der Waals surface area contributed by atoms with Gasteiger partial charge in [-0.3, -0.25) is 14.3 Å². The molecule has 2 aliphatic rings. The Hall–Kier alpha value is -2.15. The number of piperidine rings is 2. The third kappa shape index (κ3) is 3.93. The second-order valence-electron chi connectivity index (χ2n) is 8.58. The van der Waals surface area contributed by atoms with Gasteiger partial charge in [0.15, 0.2) is 0 Å². The fourth-order valence-corrected chi connectivity index (χ4v) is 4.32. The summed E-state index contributed by atoms with van der Waals surface area (Å²) in [6.45, 7) is 7.36. The molecule has 2 saturated heterocycles. The Bertz CT molecular complexity index is 744. The monoisotopic (exact) mass is 374 g/mol. The highest BCUT2D eigenvalue weighted by atomic mass is 16.3. The highest BCUT2D eigenvalue weighted by Crippen LogP contribution is 2.45. The SMILES string of the molecule is CC(=O)N1CC2(CCN(C(=O)/C=C/c3cnn(C)c3)CC2)C[C@H](O)C1(C)C. The molecule has 3 heterocycles. The van der Waals surface area contributed by atoms with Crippen LogP contribution in [0.15, 0.2) is 18.5 Å². The van der Waals surface area contributed by atoms with Gasteiger partial charge in [-0.05, 0) is 44.6 Å². The molecule has 1 aromatic rings. The number of carbonyl (C=O) groups is 2. The van der Waals surface area contributed by atoms with Crippen molar-refractivity contribution in [1.82, 2.24) is 19.6 Å². The number of aliphatic hydroxyl groups is 1. The molecule has 1 aromatic heterocycles. The van der Waals surface area contributed by atoms with Gasteiger partial charge < -0.3 is 14.9 Å². The number of aliphatic hydroxyl groups excluding tert-OH is 1. The molecule has 0 saturated carbocycles. The summed E-state index contributed by atoms with van der Waals surface area (Å²) in [5, 5.41) is 14.8. The van der Waals surface area contributed by atoms with Crippen molar-refractivity contribution in [2.75, 3.05) is 19.6 Å². The van der Waals surface area contributed by atoms with Crippen LogP contribution in [0.1, 0.15) is 45.6 Å². The quantitative estimate of drug-likeness (QED) is 0.795. The van der Waals surface area contributed by atoms with E-state index >= 15 is 0 Å². The van der Waals surface area contributed by atoms with Gasteiger partial charge in [0.25, 0.3) is 0 Å². The zero-order chi connectivity index (χ0) is 19.8. The van der Waals surface area contributed by atoms with E-state index in [1.165, 1.54) is 0 Å². The standard InChI is InChI=1S/C20H30N4O3/c1-15(25)24-14-20(11-17(26)19(24,2)3)7-9-23(10-8-20)18(27)6-5-16-12-21-22(4)13-16/h5-6,12-13,17,26H,7-11,14H2,1-4H3/b6-5+/t17-/m0/s1. The van der Waals surface area contributed by atoms with Gasteiger partial charge >= 0.3 is 0 Å². The van der Waals surface area contributed by atoms with Crippen molar-refractivity contribution in [3.8, 4) is 0 Å². The van der Waals surface area contributed by atoms with Crippen LogP contribution in [0.25, 0.3) is 6.08 Å². The molecule has 1 N–H and O–H groups in total.